The number of esters is 1. The predicted molar refractivity (Wildman–Crippen MR) is 62.1 cm³/mol. The van der Waals surface area contributed by atoms with E-state index in [-0.39, 0.29) is 5.97 Å². The van der Waals surface area contributed by atoms with Crippen LogP contribution in [0.1, 0.15) is 12.0 Å². The lowest BCUT2D eigenvalue weighted by Gasteiger charge is -2.15. The van der Waals surface area contributed by atoms with Gasteiger partial charge in [0.15, 0.2) is 0 Å². The van der Waals surface area contributed by atoms with Gasteiger partial charge < -0.3 is 9.64 Å². The van der Waals surface area contributed by atoms with Crippen LogP contribution in [0.25, 0.3) is 0 Å². The molecule has 1 aromatic heterocycles. The molecule has 16 heavy (non-hydrogen) atoms. The van der Waals surface area contributed by atoms with E-state index in [4.69, 9.17) is 0 Å². The molecule has 1 heterocycles. The summed E-state index contributed by atoms with van der Waals surface area (Å²) >= 11 is 0. The first kappa shape index (κ1) is 12.6. The molecule has 4 heteroatoms. The fourth-order valence-electron chi connectivity index (χ4n) is 1.36. The van der Waals surface area contributed by atoms with Gasteiger partial charge in [0.2, 0.25) is 0 Å². The Bertz CT molecular complexity index is 314. The van der Waals surface area contributed by atoms with Crippen molar-refractivity contribution in [1.82, 2.24) is 9.88 Å². The maximum Gasteiger partial charge on any atom is 0.306 e. The SMILES string of the molecule is COC(=O)CCN(C)CCc1cccnc1. The van der Waals surface area contributed by atoms with E-state index in [2.05, 4.69) is 20.7 Å². The minimum atomic E-state index is -0.159. The molecule has 0 aliphatic carbocycles. The zero-order valence-corrected chi connectivity index (χ0v) is 9.85. The van der Waals surface area contributed by atoms with Crippen LogP contribution in [0.15, 0.2) is 24.5 Å². The Morgan fingerprint density at radius 3 is 2.94 bits per heavy atom. The van der Waals surface area contributed by atoms with Gasteiger partial charge in [0.25, 0.3) is 0 Å². The normalized spacial score (nSPS) is 10.4. The van der Waals surface area contributed by atoms with Crippen LogP contribution in [0.3, 0.4) is 0 Å². The van der Waals surface area contributed by atoms with Gasteiger partial charge in [0.05, 0.1) is 13.5 Å². The molecule has 0 spiro atoms. The summed E-state index contributed by atoms with van der Waals surface area (Å²) in [5.41, 5.74) is 1.22. The summed E-state index contributed by atoms with van der Waals surface area (Å²) in [6, 6.07) is 3.99. The standard InChI is InChI=1S/C12H18N2O2/c1-14(9-6-12(15)16-2)8-5-11-4-3-7-13-10-11/h3-4,7,10H,5-6,8-9H2,1-2H3. The third-order valence-corrected chi connectivity index (χ3v) is 2.43. The van der Waals surface area contributed by atoms with Crippen LogP contribution >= 0.6 is 0 Å². The highest BCUT2D eigenvalue weighted by Gasteiger charge is 2.04. The largest absolute Gasteiger partial charge is 0.469 e. The summed E-state index contributed by atoms with van der Waals surface area (Å²) in [5, 5.41) is 0. The highest BCUT2D eigenvalue weighted by atomic mass is 16.5. The maximum atomic E-state index is 10.9. The van der Waals surface area contributed by atoms with E-state index < -0.39 is 0 Å². The van der Waals surface area contributed by atoms with Crippen molar-refractivity contribution in [2.75, 3.05) is 27.2 Å². The van der Waals surface area contributed by atoms with Gasteiger partial charge in [-0.15, -0.1) is 0 Å². The lowest BCUT2D eigenvalue weighted by Crippen LogP contribution is -2.24. The van der Waals surface area contributed by atoms with Crippen LogP contribution < -0.4 is 0 Å². The van der Waals surface area contributed by atoms with Crippen LogP contribution in [-0.2, 0) is 16.0 Å². The van der Waals surface area contributed by atoms with Gasteiger partial charge in [0, 0.05) is 25.5 Å². The van der Waals surface area contributed by atoms with E-state index in [9.17, 15) is 4.79 Å². The van der Waals surface area contributed by atoms with Crippen molar-refractivity contribution in [2.45, 2.75) is 12.8 Å². The Balaban J connectivity index is 2.20. The Kier molecular flexibility index (Phi) is 5.50. The number of aromatic nitrogens is 1. The third-order valence-electron chi connectivity index (χ3n) is 2.43. The van der Waals surface area contributed by atoms with E-state index in [1.54, 1.807) is 6.20 Å². The molecule has 0 aromatic carbocycles. The maximum absolute atomic E-state index is 10.9. The molecule has 0 unspecified atom stereocenters. The molecule has 88 valence electrons. The lowest BCUT2D eigenvalue weighted by molar-refractivity contribution is -0.140. The van der Waals surface area contributed by atoms with Crippen molar-refractivity contribution in [3.8, 4) is 0 Å². The zero-order valence-electron chi connectivity index (χ0n) is 9.85. The minimum absolute atomic E-state index is 0.159. The lowest BCUT2D eigenvalue weighted by atomic mass is 10.2. The Labute approximate surface area is 96.2 Å². The number of likely N-dealkylation sites (N-methyl/N-ethyl adjacent to an activating group) is 1. The molecule has 4 nitrogen and oxygen atoms in total. The average molecular weight is 222 g/mol. The fourth-order valence-corrected chi connectivity index (χ4v) is 1.36. The highest BCUT2D eigenvalue weighted by Crippen LogP contribution is 1.99. The molecule has 0 amide bonds. The Hall–Kier alpha value is -1.42. The molecule has 0 aliphatic heterocycles. The van der Waals surface area contributed by atoms with Gasteiger partial charge in [-0.2, -0.15) is 0 Å². The Morgan fingerprint density at radius 1 is 1.50 bits per heavy atom. The van der Waals surface area contributed by atoms with E-state index in [0.29, 0.717) is 6.42 Å². The van der Waals surface area contributed by atoms with E-state index in [1.807, 2.05) is 19.3 Å². The molecule has 0 fully saturated rings. The molecular weight excluding hydrogens is 204 g/mol. The minimum Gasteiger partial charge on any atom is -0.469 e. The number of nitrogens with zero attached hydrogens (tertiary/aromatic N) is 2. The molecule has 0 radical (unpaired) electrons. The van der Waals surface area contributed by atoms with Crippen LogP contribution in [0, 0.1) is 0 Å². The molecule has 1 rings (SSSR count). The summed E-state index contributed by atoms with van der Waals surface area (Å²) < 4.78 is 4.59. The monoisotopic (exact) mass is 222 g/mol. The summed E-state index contributed by atoms with van der Waals surface area (Å²) in [6.45, 7) is 1.65. The summed E-state index contributed by atoms with van der Waals surface area (Å²) in [5.74, 6) is -0.159. The van der Waals surface area contributed by atoms with Crippen molar-refractivity contribution >= 4 is 5.97 Å². The number of carbonyl (C=O) groups is 1. The number of rotatable bonds is 6. The zero-order chi connectivity index (χ0) is 11.8. The average Bonchev–Trinajstić information content (AvgIpc) is 2.34. The first-order chi connectivity index (χ1) is 7.72. The van der Waals surface area contributed by atoms with Crippen molar-refractivity contribution in [2.24, 2.45) is 0 Å². The van der Waals surface area contributed by atoms with Crippen LogP contribution in [0.4, 0.5) is 0 Å². The molecule has 0 saturated carbocycles. The molecule has 0 aliphatic rings. The van der Waals surface area contributed by atoms with Gasteiger partial charge in [-0.3, -0.25) is 9.78 Å². The van der Waals surface area contributed by atoms with Crippen molar-refractivity contribution in [1.29, 1.82) is 0 Å². The van der Waals surface area contributed by atoms with Gasteiger partial charge in [0.1, 0.15) is 0 Å². The molecule has 1 aromatic rings. The van der Waals surface area contributed by atoms with E-state index in [1.165, 1.54) is 12.7 Å². The van der Waals surface area contributed by atoms with Crippen molar-refractivity contribution in [3.63, 3.8) is 0 Å². The number of pyridine rings is 1. The number of ether oxygens (including phenoxy) is 1. The van der Waals surface area contributed by atoms with Gasteiger partial charge in [-0.25, -0.2) is 0 Å². The summed E-state index contributed by atoms with van der Waals surface area (Å²) in [7, 11) is 3.41. The molecular formula is C12H18N2O2. The fraction of sp³-hybridized carbons (Fsp3) is 0.500. The Morgan fingerprint density at radius 2 is 2.31 bits per heavy atom. The topological polar surface area (TPSA) is 42.4 Å². The van der Waals surface area contributed by atoms with Gasteiger partial charge in [-0.1, -0.05) is 6.07 Å². The second-order valence-corrected chi connectivity index (χ2v) is 3.74. The van der Waals surface area contributed by atoms with E-state index >= 15 is 0 Å². The van der Waals surface area contributed by atoms with Gasteiger partial charge >= 0.3 is 5.97 Å². The van der Waals surface area contributed by atoms with Crippen molar-refractivity contribution < 1.29 is 9.53 Å². The molecule has 0 bridgehead atoms. The quantitative estimate of drug-likeness (QED) is 0.676. The number of hydrogen-bond donors (Lipinski definition) is 0. The number of carbonyl (C=O) groups excluding carboxylic acids is 1. The van der Waals surface area contributed by atoms with Gasteiger partial charge in [-0.05, 0) is 25.1 Å². The summed E-state index contributed by atoms with van der Waals surface area (Å²) in [4.78, 5) is 17.1. The number of hydrogen-bond acceptors (Lipinski definition) is 4. The molecule has 0 saturated heterocycles. The third kappa shape index (κ3) is 4.89. The number of methoxy groups -OCH3 is 1. The second kappa shape index (κ2) is 6.95. The highest BCUT2D eigenvalue weighted by molar-refractivity contribution is 5.69. The first-order valence-corrected chi connectivity index (χ1v) is 5.36. The smallest absolute Gasteiger partial charge is 0.306 e. The predicted octanol–water partition coefficient (Wildman–Crippen LogP) is 1.12. The second-order valence-electron chi connectivity index (χ2n) is 3.74. The summed E-state index contributed by atoms with van der Waals surface area (Å²) in [6.07, 6.45) is 5.03. The van der Waals surface area contributed by atoms with Crippen molar-refractivity contribution in [3.05, 3.63) is 30.1 Å². The molecule has 0 N–H and O–H groups in total. The van der Waals surface area contributed by atoms with Crippen LogP contribution in [0.2, 0.25) is 0 Å². The molecule has 0 atom stereocenters. The van der Waals surface area contributed by atoms with E-state index in [0.717, 1.165) is 19.5 Å². The van der Waals surface area contributed by atoms with Crippen LogP contribution in [0.5, 0.6) is 0 Å². The van der Waals surface area contributed by atoms with Crippen LogP contribution in [-0.4, -0.2) is 43.1 Å². The first-order valence-electron chi connectivity index (χ1n) is 5.36.